The third-order valence-corrected chi connectivity index (χ3v) is 3.62. The van der Waals surface area contributed by atoms with Crippen LogP contribution in [0, 0.1) is 0 Å². The van der Waals surface area contributed by atoms with Gasteiger partial charge in [-0.1, -0.05) is 31.0 Å². The maximum Gasteiger partial charge on any atom is 0.191 e. The lowest BCUT2D eigenvalue weighted by molar-refractivity contribution is 0.313. The Bertz CT molecular complexity index is 413. The van der Waals surface area contributed by atoms with Crippen LogP contribution in [0.5, 0.6) is 5.75 Å². The summed E-state index contributed by atoms with van der Waals surface area (Å²) in [5.74, 6) is 1.88. The molecule has 0 atom stereocenters. The van der Waals surface area contributed by atoms with Gasteiger partial charge in [-0.05, 0) is 31.9 Å². The molecule has 1 saturated carbocycles. The number of nitrogens with one attached hydrogen (secondary N) is 2. The quantitative estimate of drug-likeness (QED) is 0.461. The van der Waals surface area contributed by atoms with Gasteiger partial charge in [0.2, 0.25) is 0 Å². The Balaban J connectivity index is 1.66. The van der Waals surface area contributed by atoms with Gasteiger partial charge in [-0.3, -0.25) is 4.99 Å². The Labute approximate surface area is 128 Å². The van der Waals surface area contributed by atoms with Crippen LogP contribution in [0.2, 0.25) is 0 Å². The molecule has 116 valence electrons. The van der Waals surface area contributed by atoms with Gasteiger partial charge in [0.1, 0.15) is 5.75 Å². The van der Waals surface area contributed by atoms with Crippen LogP contribution in [0.4, 0.5) is 0 Å². The van der Waals surface area contributed by atoms with Crippen molar-refractivity contribution in [1.82, 2.24) is 10.6 Å². The van der Waals surface area contributed by atoms with E-state index in [4.69, 9.17) is 4.74 Å². The molecule has 0 amide bonds. The molecule has 1 aliphatic rings. The summed E-state index contributed by atoms with van der Waals surface area (Å²) in [4.78, 5) is 4.62. The van der Waals surface area contributed by atoms with Crippen LogP contribution >= 0.6 is 0 Å². The van der Waals surface area contributed by atoms with Gasteiger partial charge < -0.3 is 15.4 Å². The molecule has 1 aliphatic carbocycles. The van der Waals surface area contributed by atoms with Crippen molar-refractivity contribution in [2.45, 2.75) is 45.1 Å². The fourth-order valence-electron chi connectivity index (χ4n) is 2.55. The highest BCUT2D eigenvalue weighted by atomic mass is 16.5. The van der Waals surface area contributed by atoms with Crippen molar-refractivity contribution in [3.05, 3.63) is 30.3 Å². The van der Waals surface area contributed by atoms with E-state index in [0.29, 0.717) is 12.6 Å². The van der Waals surface area contributed by atoms with Gasteiger partial charge in [-0.25, -0.2) is 0 Å². The first kappa shape index (κ1) is 15.7. The van der Waals surface area contributed by atoms with E-state index in [0.717, 1.165) is 31.2 Å². The van der Waals surface area contributed by atoms with Gasteiger partial charge in [0.25, 0.3) is 0 Å². The second kappa shape index (κ2) is 9.27. The van der Waals surface area contributed by atoms with E-state index in [2.05, 4.69) is 22.5 Å². The van der Waals surface area contributed by atoms with Crippen molar-refractivity contribution in [2.24, 2.45) is 4.99 Å². The minimum absolute atomic E-state index is 0.600. The molecule has 2 N–H and O–H groups in total. The number of aliphatic imine (C=N–C) groups is 1. The average Bonchev–Trinajstić information content (AvgIpc) is 3.01. The molecule has 0 heterocycles. The fourth-order valence-corrected chi connectivity index (χ4v) is 2.55. The first-order chi connectivity index (χ1) is 10.4. The summed E-state index contributed by atoms with van der Waals surface area (Å²) in [6.45, 7) is 4.49. The maximum atomic E-state index is 5.67. The van der Waals surface area contributed by atoms with E-state index in [1.54, 1.807) is 0 Å². The normalized spacial score (nSPS) is 16.0. The van der Waals surface area contributed by atoms with Crippen molar-refractivity contribution in [3.63, 3.8) is 0 Å². The van der Waals surface area contributed by atoms with Crippen molar-refractivity contribution < 1.29 is 4.74 Å². The molecule has 4 heteroatoms. The van der Waals surface area contributed by atoms with Gasteiger partial charge >= 0.3 is 0 Å². The monoisotopic (exact) mass is 289 g/mol. The number of guanidine groups is 1. The molecule has 4 nitrogen and oxygen atoms in total. The molecule has 0 bridgehead atoms. The SMILES string of the molecule is CCNC(=NCCCOc1ccccc1)NC1CCCC1. The highest BCUT2D eigenvalue weighted by Crippen LogP contribution is 2.17. The summed E-state index contributed by atoms with van der Waals surface area (Å²) < 4.78 is 5.67. The molecular weight excluding hydrogens is 262 g/mol. The lowest BCUT2D eigenvalue weighted by Crippen LogP contribution is -2.42. The largest absolute Gasteiger partial charge is 0.494 e. The van der Waals surface area contributed by atoms with Crippen LogP contribution in [-0.4, -0.2) is 31.7 Å². The van der Waals surface area contributed by atoms with Crippen LogP contribution in [0.25, 0.3) is 0 Å². The second-order valence-electron chi connectivity index (χ2n) is 5.40. The van der Waals surface area contributed by atoms with Gasteiger partial charge in [-0.15, -0.1) is 0 Å². The molecule has 1 fully saturated rings. The summed E-state index contributed by atoms with van der Waals surface area (Å²) in [6.07, 6.45) is 6.13. The van der Waals surface area contributed by atoms with Crippen molar-refractivity contribution in [2.75, 3.05) is 19.7 Å². The maximum absolute atomic E-state index is 5.67. The summed E-state index contributed by atoms with van der Waals surface area (Å²) in [5.41, 5.74) is 0. The summed E-state index contributed by atoms with van der Waals surface area (Å²) >= 11 is 0. The molecule has 2 rings (SSSR count). The number of rotatable bonds is 7. The van der Waals surface area contributed by atoms with E-state index < -0.39 is 0 Å². The minimum Gasteiger partial charge on any atom is -0.494 e. The van der Waals surface area contributed by atoms with Gasteiger partial charge in [0.15, 0.2) is 5.96 Å². The highest BCUT2D eigenvalue weighted by molar-refractivity contribution is 5.80. The van der Waals surface area contributed by atoms with E-state index in [1.165, 1.54) is 25.7 Å². The zero-order valence-corrected chi connectivity index (χ0v) is 13.0. The van der Waals surface area contributed by atoms with Gasteiger partial charge in [0, 0.05) is 25.6 Å². The van der Waals surface area contributed by atoms with Gasteiger partial charge in [0.05, 0.1) is 6.61 Å². The standard InChI is InChI=1S/C17H27N3O/c1-2-18-17(20-15-9-6-7-10-15)19-13-8-14-21-16-11-4-3-5-12-16/h3-5,11-12,15H,2,6-10,13-14H2,1H3,(H2,18,19,20). The number of hydrogen-bond acceptors (Lipinski definition) is 2. The van der Waals surface area contributed by atoms with Crippen molar-refractivity contribution >= 4 is 5.96 Å². The fraction of sp³-hybridized carbons (Fsp3) is 0.588. The zero-order valence-electron chi connectivity index (χ0n) is 13.0. The van der Waals surface area contributed by atoms with Crippen molar-refractivity contribution in [3.8, 4) is 5.75 Å². The lowest BCUT2D eigenvalue weighted by atomic mass is 10.2. The Morgan fingerprint density at radius 3 is 2.71 bits per heavy atom. The van der Waals surface area contributed by atoms with Crippen LogP contribution in [0.3, 0.4) is 0 Å². The third-order valence-electron chi connectivity index (χ3n) is 3.62. The van der Waals surface area contributed by atoms with Crippen LogP contribution < -0.4 is 15.4 Å². The van der Waals surface area contributed by atoms with Crippen LogP contribution in [0.1, 0.15) is 39.0 Å². The topological polar surface area (TPSA) is 45.7 Å². The second-order valence-corrected chi connectivity index (χ2v) is 5.40. The predicted molar refractivity (Wildman–Crippen MR) is 87.9 cm³/mol. The molecule has 0 spiro atoms. The average molecular weight is 289 g/mol. The Hall–Kier alpha value is -1.71. The summed E-state index contributed by atoms with van der Waals surface area (Å²) in [5, 5.41) is 6.84. The number of para-hydroxylation sites is 1. The number of nitrogens with zero attached hydrogens (tertiary/aromatic N) is 1. The molecule has 0 unspecified atom stereocenters. The molecule has 1 aromatic carbocycles. The highest BCUT2D eigenvalue weighted by Gasteiger charge is 2.15. The number of hydrogen-bond donors (Lipinski definition) is 2. The Kier molecular flexibility index (Phi) is 6.92. The Morgan fingerprint density at radius 2 is 2.00 bits per heavy atom. The molecule has 1 aromatic rings. The summed E-state index contributed by atoms with van der Waals surface area (Å²) in [7, 11) is 0. The molecule has 0 aromatic heterocycles. The molecule has 21 heavy (non-hydrogen) atoms. The predicted octanol–water partition coefficient (Wildman–Crippen LogP) is 2.95. The van der Waals surface area contributed by atoms with Crippen LogP contribution in [-0.2, 0) is 0 Å². The summed E-state index contributed by atoms with van der Waals surface area (Å²) in [6, 6.07) is 10.5. The smallest absolute Gasteiger partial charge is 0.191 e. The first-order valence-corrected chi connectivity index (χ1v) is 8.11. The van der Waals surface area contributed by atoms with E-state index in [1.807, 2.05) is 30.3 Å². The minimum atomic E-state index is 0.600. The van der Waals surface area contributed by atoms with E-state index in [-0.39, 0.29) is 0 Å². The Morgan fingerprint density at radius 1 is 1.24 bits per heavy atom. The number of benzene rings is 1. The molecule has 0 radical (unpaired) electrons. The van der Waals surface area contributed by atoms with Crippen LogP contribution in [0.15, 0.2) is 35.3 Å². The van der Waals surface area contributed by atoms with Crippen molar-refractivity contribution in [1.29, 1.82) is 0 Å². The molecular formula is C17H27N3O. The van der Waals surface area contributed by atoms with E-state index in [9.17, 15) is 0 Å². The molecule has 0 saturated heterocycles. The lowest BCUT2D eigenvalue weighted by Gasteiger charge is -2.16. The third kappa shape index (κ3) is 6.06. The first-order valence-electron chi connectivity index (χ1n) is 8.11. The molecule has 0 aliphatic heterocycles. The zero-order chi connectivity index (χ0) is 14.8. The van der Waals surface area contributed by atoms with Gasteiger partial charge in [-0.2, -0.15) is 0 Å². The number of ether oxygens (including phenoxy) is 1. The van der Waals surface area contributed by atoms with E-state index >= 15 is 0 Å².